The Hall–Kier alpha value is -3.66. The van der Waals surface area contributed by atoms with Crippen molar-refractivity contribution in [3.8, 4) is 17.2 Å². The second kappa shape index (κ2) is 8.12. The molecule has 2 aliphatic rings. The highest BCUT2D eigenvalue weighted by Gasteiger charge is 2.55. The molecule has 164 valence electrons. The maximum absolute atomic E-state index is 13.0. The number of nitriles is 1. The lowest BCUT2D eigenvalue weighted by molar-refractivity contribution is -0.124. The molecule has 0 radical (unpaired) electrons. The third-order valence-electron chi connectivity index (χ3n) is 6.42. The standard InChI is InChI=1S/C25H26N4O3/c1-24(2,15-26)17-9-7-16(8-10-17)19-5-3-4-6-20(19)21(30)27-14-13-25(18-11-12-18)22(31)28-23(32)29-25/h3-10,18H,11-14H2,1-2H3,(H,27,30)(H2,28,29,31,32)/t25-/m0/s1. The molecule has 0 unspecified atom stereocenters. The van der Waals surface area contributed by atoms with E-state index in [1.165, 1.54) is 0 Å². The van der Waals surface area contributed by atoms with Gasteiger partial charge in [-0.3, -0.25) is 14.9 Å². The Labute approximate surface area is 187 Å². The molecule has 2 fully saturated rings. The van der Waals surface area contributed by atoms with Crippen molar-refractivity contribution in [2.75, 3.05) is 6.54 Å². The van der Waals surface area contributed by atoms with Crippen LogP contribution in [0.2, 0.25) is 0 Å². The molecule has 4 rings (SSSR count). The summed E-state index contributed by atoms with van der Waals surface area (Å²) in [6.07, 6.45) is 2.13. The van der Waals surface area contributed by atoms with E-state index in [1.807, 2.05) is 56.3 Å². The number of rotatable bonds is 7. The van der Waals surface area contributed by atoms with Crippen molar-refractivity contribution in [3.05, 3.63) is 59.7 Å². The average molecular weight is 431 g/mol. The number of imide groups is 1. The number of benzene rings is 2. The number of hydrogen-bond donors (Lipinski definition) is 3. The fourth-order valence-electron chi connectivity index (χ4n) is 4.28. The third-order valence-corrected chi connectivity index (χ3v) is 6.42. The van der Waals surface area contributed by atoms with Crippen LogP contribution in [-0.4, -0.2) is 29.9 Å². The smallest absolute Gasteiger partial charge is 0.322 e. The van der Waals surface area contributed by atoms with Crippen molar-refractivity contribution in [2.24, 2.45) is 5.92 Å². The van der Waals surface area contributed by atoms with Gasteiger partial charge in [0.1, 0.15) is 5.54 Å². The SMILES string of the molecule is CC(C)(C#N)c1ccc(-c2ccccc2C(=O)NCC[C@@]2(C3CC3)NC(=O)NC2=O)cc1. The highest BCUT2D eigenvalue weighted by Crippen LogP contribution is 2.43. The summed E-state index contributed by atoms with van der Waals surface area (Å²) in [6.45, 7) is 4.00. The predicted molar refractivity (Wildman–Crippen MR) is 120 cm³/mol. The van der Waals surface area contributed by atoms with E-state index in [1.54, 1.807) is 6.07 Å². The average Bonchev–Trinajstić information content (AvgIpc) is 3.60. The zero-order valence-corrected chi connectivity index (χ0v) is 18.2. The van der Waals surface area contributed by atoms with Gasteiger partial charge in [-0.05, 0) is 61.8 Å². The fourth-order valence-corrected chi connectivity index (χ4v) is 4.28. The third kappa shape index (κ3) is 3.96. The first-order valence-corrected chi connectivity index (χ1v) is 10.8. The molecule has 0 spiro atoms. The van der Waals surface area contributed by atoms with Gasteiger partial charge in [0.25, 0.3) is 11.8 Å². The minimum atomic E-state index is -0.923. The quantitative estimate of drug-likeness (QED) is 0.586. The monoisotopic (exact) mass is 430 g/mol. The predicted octanol–water partition coefficient (Wildman–Crippen LogP) is 3.26. The summed E-state index contributed by atoms with van der Waals surface area (Å²) in [7, 11) is 0. The van der Waals surface area contributed by atoms with E-state index in [0.29, 0.717) is 12.0 Å². The second-order valence-electron chi connectivity index (χ2n) is 9.02. The Kier molecular flexibility index (Phi) is 5.47. The lowest BCUT2D eigenvalue weighted by Gasteiger charge is -2.26. The van der Waals surface area contributed by atoms with E-state index >= 15 is 0 Å². The van der Waals surface area contributed by atoms with Crippen LogP contribution < -0.4 is 16.0 Å². The number of carbonyl (C=O) groups is 3. The molecule has 7 heteroatoms. The van der Waals surface area contributed by atoms with Crippen LogP contribution in [0.5, 0.6) is 0 Å². The van der Waals surface area contributed by atoms with E-state index in [4.69, 9.17) is 0 Å². The molecule has 1 aliphatic carbocycles. The Bertz CT molecular complexity index is 1110. The number of hydrogen-bond acceptors (Lipinski definition) is 4. The van der Waals surface area contributed by atoms with Gasteiger partial charge in [-0.1, -0.05) is 42.5 Å². The highest BCUT2D eigenvalue weighted by molar-refractivity contribution is 6.07. The van der Waals surface area contributed by atoms with Crippen molar-refractivity contribution >= 4 is 17.8 Å². The summed E-state index contributed by atoms with van der Waals surface area (Å²) in [6, 6.07) is 16.8. The first-order chi connectivity index (χ1) is 15.3. The Morgan fingerprint density at radius 2 is 1.84 bits per heavy atom. The van der Waals surface area contributed by atoms with Gasteiger partial charge in [0.05, 0.1) is 11.5 Å². The number of nitrogens with zero attached hydrogens (tertiary/aromatic N) is 1. The molecule has 2 aromatic carbocycles. The molecular formula is C25H26N4O3. The molecule has 1 saturated heterocycles. The molecule has 1 aliphatic heterocycles. The van der Waals surface area contributed by atoms with Gasteiger partial charge < -0.3 is 10.6 Å². The summed E-state index contributed by atoms with van der Waals surface area (Å²) in [4.78, 5) is 37.0. The molecule has 2 aromatic rings. The van der Waals surface area contributed by atoms with Crippen LogP contribution in [0.1, 0.15) is 49.0 Å². The molecule has 0 bridgehead atoms. The summed E-state index contributed by atoms with van der Waals surface area (Å²) in [5.74, 6) is -0.424. The molecule has 1 atom stereocenters. The van der Waals surface area contributed by atoms with Crippen LogP contribution >= 0.6 is 0 Å². The van der Waals surface area contributed by atoms with Crippen molar-refractivity contribution in [1.82, 2.24) is 16.0 Å². The van der Waals surface area contributed by atoms with Gasteiger partial charge in [0.2, 0.25) is 0 Å². The van der Waals surface area contributed by atoms with Crippen LogP contribution in [0.3, 0.4) is 0 Å². The second-order valence-corrected chi connectivity index (χ2v) is 9.02. The molecule has 32 heavy (non-hydrogen) atoms. The lowest BCUT2D eigenvalue weighted by Crippen LogP contribution is -2.51. The van der Waals surface area contributed by atoms with Gasteiger partial charge in [0.15, 0.2) is 0 Å². The minimum absolute atomic E-state index is 0.120. The van der Waals surface area contributed by atoms with Crippen LogP contribution in [0.4, 0.5) is 4.79 Å². The zero-order chi connectivity index (χ0) is 22.9. The maximum Gasteiger partial charge on any atom is 0.322 e. The van der Waals surface area contributed by atoms with Crippen LogP contribution in [0.15, 0.2) is 48.5 Å². The number of urea groups is 1. The summed E-state index contributed by atoms with van der Waals surface area (Å²) in [5.41, 5.74) is 1.59. The van der Waals surface area contributed by atoms with Crippen molar-refractivity contribution in [3.63, 3.8) is 0 Å². The van der Waals surface area contributed by atoms with Crippen LogP contribution in [0.25, 0.3) is 11.1 Å². The first-order valence-electron chi connectivity index (χ1n) is 10.8. The van der Waals surface area contributed by atoms with Crippen LogP contribution in [-0.2, 0) is 10.2 Å². The minimum Gasteiger partial charge on any atom is -0.352 e. The first kappa shape index (κ1) is 21.6. The lowest BCUT2D eigenvalue weighted by atomic mass is 9.85. The van der Waals surface area contributed by atoms with Crippen molar-refractivity contribution in [1.29, 1.82) is 5.26 Å². The molecule has 0 aromatic heterocycles. The zero-order valence-electron chi connectivity index (χ0n) is 18.2. The fraction of sp³-hybridized carbons (Fsp3) is 0.360. The van der Waals surface area contributed by atoms with Gasteiger partial charge in [0, 0.05) is 12.1 Å². The Morgan fingerprint density at radius 1 is 1.16 bits per heavy atom. The van der Waals surface area contributed by atoms with Crippen molar-refractivity contribution < 1.29 is 14.4 Å². The highest BCUT2D eigenvalue weighted by atomic mass is 16.2. The van der Waals surface area contributed by atoms with Crippen LogP contribution in [0, 0.1) is 17.2 Å². The van der Waals surface area contributed by atoms with E-state index in [-0.39, 0.29) is 24.3 Å². The maximum atomic E-state index is 13.0. The van der Waals surface area contributed by atoms with Gasteiger partial charge >= 0.3 is 6.03 Å². The van der Waals surface area contributed by atoms with E-state index < -0.39 is 17.0 Å². The number of carbonyl (C=O) groups excluding carboxylic acids is 3. The molecule has 1 saturated carbocycles. The van der Waals surface area contributed by atoms with Gasteiger partial charge in [-0.25, -0.2) is 4.79 Å². The molecular weight excluding hydrogens is 404 g/mol. The summed E-state index contributed by atoms with van der Waals surface area (Å²) < 4.78 is 0. The van der Waals surface area contributed by atoms with Gasteiger partial charge in [-0.2, -0.15) is 5.26 Å². The van der Waals surface area contributed by atoms with Crippen molar-refractivity contribution in [2.45, 2.75) is 44.1 Å². The summed E-state index contributed by atoms with van der Waals surface area (Å²) >= 11 is 0. The topological polar surface area (TPSA) is 111 Å². The summed E-state index contributed by atoms with van der Waals surface area (Å²) in [5, 5.41) is 17.4. The number of nitrogens with one attached hydrogen (secondary N) is 3. The Balaban J connectivity index is 1.48. The van der Waals surface area contributed by atoms with E-state index in [0.717, 1.165) is 29.5 Å². The normalized spacial score (nSPS) is 20.3. The molecule has 3 N–H and O–H groups in total. The molecule has 1 heterocycles. The molecule has 4 amide bonds. The van der Waals surface area contributed by atoms with Gasteiger partial charge in [-0.15, -0.1) is 0 Å². The molecule has 7 nitrogen and oxygen atoms in total. The Morgan fingerprint density at radius 3 is 2.44 bits per heavy atom. The largest absolute Gasteiger partial charge is 0.352 e. The van der Waals surface area contributed by atoms with E-state index in [9.17, 15) is 19.6 Å². The number of amides is 4. The van der Waals surface area contributed by atoms with E-state index in [2.05, 4.69) is 22.0 Å².